The first kappa shape index (κ1) is 19.6. The third kappa shape index (κ3) is 5.40. The highest BCUT2D eigenvalue weighted by Crippen LogP contribution is 2.26. The van der Waals surface area contributed by atoms with Gasteiger partial charge in [-0.1, -0.05) is 12.1 Å². The lowest BCUT2D eigenvalue weighted by atomic mass is 10.1. The molecule has 27 heavy (non-hydrogen) atoms. The van der Waals surface area contributed by atoms with Crippen LogP contribution in [0, 0.1) is 0 Å². The lowest BCUT2D eigenvalue weighted by Gasteiger charge is -2.15. The van der Waals surface area contributed by atoms with Crippen molar-refractivity contribution in [3.8, 4) is 23.0 Å². The molecule has 0 saturated heterocycles. The van der Waals surface area contributed by atoms with Crippen LogP contribution in [0.25, 0.3) is 6.08 Å². The van der Waals surface area contributed by atoms with Crippen LogP contribution in [0.1, 0.15) is 11.1 Å². The van der Waals surface area contributed by atoms with E-state index in [-0.39, 0.29) is 29.4 Å². The van der Waals surface area contributed by atoms with E-state index in [1.165, 1.54) is 42.5 Å². The van der Waals surface area contributed by atoms with E-state index in [2.05, 4.69) is 4.74 Å². The minimum Gasteiger partial charge on any atom is -0.504 e. The number of benzene rings is 2. The smallest absolute Gasteiger partial charge is 0.347 e. The van der Waals surface area contributed by atoms with Gasteiger partial charge in [-0.3, -0.25) is 0 Å². The standard InChI is InChI=1S/C19H18O8/c1-26-19(25)17(10-12-3-6-14(21)16(23)9-12)27-18(24)7-4-11-2-5-13(20)15(22)8-11/h2-9,17,20-23H,10H2,1H3/b7-4+/t17-/m1/s1/i1-1. The maximum absolute atomic E-state index is 12.0. The molecule has 0 fully saturated rings. The topological polar surface area (TPSA) is 134 Å². The van der Waals surface area contributed by atoms with Gasteiger partial charge in [0.15, 0.2) is 23.0 Å². The maximum Gasteiger partial charge on any atom is 0.347 e. The average Bonchev–Trinajstić information content (AvgIpc) is 2.64. The molecule has 2 aromatic carbocycles. The Morgan fingerprint density at radius 2 is 1.59 bits per heavy atom. The van der Waals surface area contributed by atoms with Crippen LogP contribution >= 0.6 is 0 Å². The number of hydrogen-bond acceptors (Lipinski definition) is 8. The molecule has 0 amide bonds. The van der Waals surface area contributed by atoms with E-state index in [1.54, 1.807) is 0 Å². The molecule has 8 nitrogen and oxygen atoms in total. The Kier molecular flexibility index (Phi) is 6.27. The van der Waals surface area contributed by atoms with Gasteiger partial charge in [0.25, 0.3) is 0 Å². The molecule has 4 N–H and O–H groups in total. The highest BCUT2D eigenvalue weighted by molar-refractivity contribution is 5.89. The predicted molar refractivity (Wildman–Crippen MR) is 94.2 cm³/mol. The lowest BCUT2D eigenvalue weighted by molar-refractivity contribution is -0.162. The van der Waals surface area contributed by atoms with Crippen LogP contribution in [0.4, 0.5) is 0 Å². The summed E-state index contributed by atoms with van der Waals surface area (Å²) in [6.45, 7) is 0. The summed E-state index contributed by atoms with van der Waals surface area (Å²) in [6.07, 6.45) is 1.06. The van der Waals surface area contributed by atoms with Gasteiger partial charge in [-0.15, -0.1) is 0 Å². The van der Waals surface area contributed by atoms with Crippen LogP contribution in [0.2, 0.25) is 0 Å². The second kappa shape index (κ2) is 8.61. The van der Waals surface area contributed by atoms with Crippen LogP contribution < -0.4 is 0 Å². The minimum atomic E-state index is -1.26. The number of carbonyl (C=O) groups excluding carboxylic acids is 2. The summed E-state index contributed by atoms with van der Waals surface area (Å²) in [5, 5.41) is 37.5. The minimum absolute atomic E-state index is 0.0694. The molecule has 1 atom stereocenters. The summed E-state index contributed by atoms with van der Waals surface area (Å²) in [4.78, 5) is 23.9. The molecular weight excluding hydrogens is 355 g/mol. The Labute approximate surface area is 154 Å². The van der Waals surface area contributed by atoms with Gasteiger partial charge in [-0.25, -0.2) is 9.59 Å². The summed E-state index contributed by atoms with van der Waals surface area (Å²) in [7, 11) is 1.15. The van der Waals surface area contributed by atoms with Crippen molar-refractivity contribution in [3.05, 3.63) is 53.6 Å². The van der Waals surface area contributed by atoms with Gasteiger partial charge in [-0.05, 0) is 41.5 Å². The van der Waals surface area contributed by atoms with Crippen molar-refractivity contribution in [1.29, 1.82) is 0 Å². The fourth-order valence-electron chi connectivity index (χ4n) is 2.20. The molecule has 0 aliphatic heterocycles. The van der Waals surface area contributed by atoms with E-state index >= 15 is 0 Å². The molecule has 0 unspecified atom stereocenters. The number of phenolic OH excluding ortho intramolecular Hbond substituents is 4. The number of ether oxygens (including phenoxy) is 2. The number of carbonyl (C=O) groups is 2. The summed E-state index contributed by atoms with van der Waals surface area (Å²) >= 11 is 0. The molecule has 2 aromatic rings. The summed E-state index contributed by atoms with van der Waals surface area (Å²) in [5.41, 5.74) is 0.876. The molecule has 0 radical (unpaired) electrons. The fourth-order valence-corrected chi connectivity index (χ4v) is 2.20. The summed E-state index contributed by atoms with van der Waals surface area (Å²) in [5.74, 6) is -2.93. The molecule has 0 bridgehead atoms. The van der Waals surface area contributed by atoms with Crippen LogP contribution in [0.3, 0.4) is 0 Å². The van der Waals surface area contributed by atoms with Gasteiger partial charge in [0.1, 0.15) is 0 Å². The van der Waals surface area contributed by atoms with E-state index in [0.717, 1.165) is 13.2 Å². The fraction of sp³-hybridized carbons (Fsp3) is 0.158. The normalized spacial score (nSPS) is 11.9. The molecule has 0 aliphatic carbocycles. The SMILES string of the molecule is [11CH3]OC(=O)[C@@H](Cc1ccc(O)c(O)c1)OC(=O)/C=C/c1ccc(O)c(O)c1. The molecule has 0 spiro atoms. The zero-order chi connectivity index (χ0) is 20.0. The highest BCUT2D eigenvalue weighted by atomic mass is 16.6. The first-order valence-electron chi connectivity index (χ1n) is 7.79. The third-order valence-corrected chi connectivity index (χ3v) is 3.59. The van der Waals surface area contributed by atoms with Crippen LogP contribution in [0.5, 0.6) is 23.0 Å². The first-order valence-corrected chi connectivity index (χ1v) is 7.79. The zero-order valence-electron chi connectivity index (χ0n) is 14.3. The van der Waals surface area contributed by atoms with Crippen molar-refractivity contribution < 1.29 is 39.5 Å². The summed E-state index contributed by atoms with van der Waals surface area (Å²) in [6, 6.07) is 7.93. The Morgan fingerprint density at radius 1 is 0.963 bits per heavy atom. The quantitative estimate of drug-likeness (QED) is 0.342. The first-order chi connectivity index (χ1) is 12.8. The second-order valence-corrected chi connectivity index (χ2v) is 5.56. The van der Waals surface area contributed by atoms with Crippen molar-refractivity contribution in [2.45, 2.75) is 12.5 Å². The van der Waals surface area contributed by atoms with Gasteiger partial charge in [0.05, 0.1) is 7.11 Å². The van der Waals surface area contributed by atoms with Crippen molar-refractivity contribution in [1.82, 2.24) is 0 Å². The van der Waals surface area contributed by atoms with Crippen LogP contribution in [-0.2, 0) is 25.5 Å². The van der Waals surface area contributed by atoms with Gasteiger partial charge in [0, 0.05) is 12.5 Å². The van der Waals surface area contributed by atoms with Crippen LogP contribution in [-0.4, -0.2) is 45.6 Å². The largest absolute Gasteiger partial charge is 0.504 e. The van der Waals surface area contributed by atoms with E-state index in [9.17, 15) is 30.0 Å². The predicted octanol–water partition coefficient (Wildman–Crippen LogP) is 1.85. The Balaban J connectivity index is 2.09. The number of esters is 2. The van der Waals surface area contributed by atoms with Gasteiger partial charge in [0.2, 0.25) is 6.10 Å². The summed E-state index contributed by atoms with van der Waals surface area (Å²) < 4.78 is 9.71. The van der Waals surface area contributed by atoms with Gasteiger partial charge >= 0.3 is 11.9 Å². The van der Waals surface area contributed by atoms with E-state index in [4.69, 9.17) is 4.74 Å². The van der Waals surface area contributed by atoms with Gasteiger partial charge in [-0.2, -0.15) is 0 Å². The zero-order valence-corrected chi connectivity index (χ0v) is 14.3. The van der Waals surface area contributed by atoms with Crippen molar-refractivity contribution >= 4 is 18.0 Å². The molecule has 0 aliphatic rings. The molecule has 2 rings (SSSR count). The number of hydrogen-bond donors (Lipinski definition) is 4. The maximum atomic E-state index is 12.0. The van der Waals surface area contributed by atoms with Crippen molar-refractivity contribution in [2.75, 3.05) is 7.11 Å². The highest BCUT2D eigenvalue weighted by Gasteiger charge is 2.24. The van der Waals surface area contributed by atoms with E-state index in [1.807, 2.05) is 0 Å². The van der Waals surface area contributed by atoms with E-state index < -0.39 is 18.0 Å². The Hall–Kier alpha value is -3.68. The number of aromatic hydroxyl groups is 4. The molecule has 142 valence electrons. The third-order valence-electron chi connectivity index (χ3n) is 3.59. The van der Waals surface area contributed by atoms with Crippen molar-refractivity contribution in [2.24, 2.45) is 0 Å². The van der Waals surface area contributed by atoms with Crippen molar-refractivity contribution in [3.63, 3.8) is 0 Å². The number of rotatable bonds is 6. The molecule has 8 heteroatoms. The lowest BCUT2D eigenvalue weighted by Crippen LogP contribution is -2.30. The Morgan fingerprint density at radius 3 is 2.19 bits per heavy atom. The van der Waals surface area contributed by atoms with Crippen LogP contribution in [0.15, 0.2) is 42.5 Å². The second-order valence-electron chi connectivity index (χ2n) is 5.56. The monoisotopic (exact) mass is 373 g/mol. The van der Waals surface area contributed by atoms with Gasteiger partial charge < -0.3 is 29.9 Å². The molecule has 0 aromatic heterocycles. The van der Waals surface area contributed by atoms with E-state index in [0.29, 0.717) is 11.1 Å². The average molecular weight is 373 g/mol. The number of phenols is 4. The molecule has 0 heterocycles. The number of methoxy groups -OCH3 is 1. The Bertz CT molecular complexity index is 872. The molecule has 0 saturated carbocycles. The molecular formula is C19H18O8.